The van der Waals surface area contributed by atoms with Crippen LogP contribution in [0, 0.1) is 5.82 Å². The Labute approximate surface area is 104 Å². The van der Waals surface area contributed by atoms with Gasteiger partial charge in [-0.05, 0) is 43.0 Å². The van der Waals surface area contributed by atoms with E-state index in [2.05, 4.69) is 5.32 Å². The number of rotatable bonds is 5. The fourth-order valence-electron chi connectivity index (χ4n) is 2.37. The second-order valence-corrected chi connectivity index (χ2v) is 6.04. The second-order valence-electron chi connectivity index (χ2n) is 4.48. The Morgan fingerprint density at radius 1 is 1.53 bits per heavy atom. The van der Waals surface area contributed by atoms with Crippen LogP contribution in [0.4, 0.5) is 4.39 Å². The molecule has 0 radical (unpaired) electrons. The largest absolute Gasteiger partial charge is 0.310 e. The zero-order valence-electron chi connectivity index (χ0n) is 10.0. The molecule has 17 heavy (non-hydrogen) atoms. The predicted octanol–water partition coefficient (Wildman–Crippen LogP) is 2.17. The summed E-state index contributed by atoms with van der Waals surface area (Å²) in [6.07, 6.45) is 4.41. The van der Waals surface area contributed by atoms with Gasteiger partial charge in [0, 0.05) is 28.9 Å². The van der Waals surface area contributed by atoms with E-state index in [4.69, 9.17) is 0 Å². The molecule has 0 aliphatic heterocycles. The molecule has 2 rings (SSSR count). The molecule has 2 unspecified atom stereocenters. The van der Waals surface area contributed by atoms with Crippen LogP contribution in [0.15, 0.2) is 18.2 Å². The third-order valence-electron chi connectivity index (χ3n) is 3.21. The lowest BCUT2D eigenvalue weighted by Gasteiger charge is -2.13. The summed E-state index contributed by atoms with van der Waals surface area (Å²) in [6.45, 7) is 0.847. The van der Waals surface area contributed by atoms with E-state index < -0.39 is 10.8 Å². The highest BCUT2D eigenvalue weighted by atomic mass is 32.2. The van der Waals surface area contributed by atoms with Gasteiger partial charge < -0.3 is 5.32 Å². The van der Waals surface area contributed by atoms with E-state index in [1.807, 2.05) is 6.07 Å². The number of hydrogen-bond donors (Lipinski definition) is 1. The minimum Gasteiger partial charge on any atom is -0.310 e. The van der Waals surface area contributed by atoms with Crippen LogP contribution in [0.3, 0.4) is 0 Å². The van der Waals surface area contributed by atoms with Crippen molar-refractivity contribution in [2.24, 2.45) is 0 Å². The van der Waals surface area contributed by atoms with Gasteiger partial charge in [0.15, 0.2) is 0 Å². The molecule has 94 valence electrons. The standard InChI is InChI=1S/C13H18FNOS/c1-17(16)9-3-8-15-13-7-6-10-11(13)4-2-5-12(10)14/h2,4-5,13,15H,3,6-9H2,1H3. The molecule has 1 aliphatic carbocycles. The molecule has 0 aromatic heterocycles. The summed E-state index contributed by atoms with van der Waals surface area (Å²) in [4.78, 5) is 0. The minimum atomic E-state index is -0.717. The molecule has 0 heterocycles. The van der Waals surface area contributed by atoms with Gasteiger partial charge in [-0.2, -0.15) is 0 Å². The Morgan fingerprint density at radius 3 is 3.12 bits per heavy atom. The molecule has 0 spiro atoms. The van der Waals surface area contributed by atoms with E-state index in [-0.39, 0.29) is 11.9 Å². The molecule has 0 bridgehead atoms. The lowest BCUT2D eigenvalue weighted by atomic mass is 10.1. The number of fused-ring (bicyclic) bond motifs is 1. The Hall–Kier alpha value is -0.740. The summed E-state index contributed by atoms with van der Waals surface area (Å²) in [6, 6.07) is 5.57. The first-order valence-electron chi connectivity index (χ1n) is 5.99. The van der Waals surface area contributed by atoms with Gasteiger partial charge in [-0.1, -0.05) is 12.1 Å². The monoisotopic (exact) mass is 255 g/mol. The minimum absolute atomic E-state index is 0.0820. The zero-order valence-corrected chi connectivity index (χ0v) is 10.9. The first kappa shape index (κ1) is 12.7. The summed E-state index contributed by atoms with van der Waals surface area (Å²) in [5.41, 5.74) is 1.96. The van der Waals surface area contributed by atoms with Gasteiger partial charge in [0.05, 0.1) is 0 Å². The van der Waals surface area contributed by atoms with Gasteiger partial charge >= 0.3 is 0 Å². The Bertz CT molecular complexity index is 422. The van der Waals surface area contributed by atoms with Crippen molar-refractivity contribution in [1.29, 1.82) is 0 Å². The summed E-state index contributed by atoms with van der Waals surface area (Å²) in [5.74, 6) is 0.650. The summed E-state index contributed by atoms with van der Waals surface area (Å²) in [7, 11) is -0.717. The summed E-state index contributed by atoms with van der Waals surface area (Å²) >= 11 is 0. The van der Waals surface area contributed by atoms with E-state index in [1.54, 1.807) is 12.3 Å². The average molecular weight is 255 g/mol. The highest BCUT2D eigenvalue weighted by Crippen LogP contribution is 2.32. The van der Waals surface area contributed by atoms with E-state index >= 15 is 0 Å². The lowest BCUT2D eigenvalue weighted by Crippen LogP contribution is -2.21. The maximum Gasteiger partial charge on any atom is 0.126 e. The Morgan fingerprint density at radius 2 is 2.35 bits per heavy atom. The van der Waals surface area contributed by atoms with Gasteiger partial charge in [0.25, 0.3) is 0 Å². The average Bonchev–Trinajstić information content (AvgIpc) is 2.69. The summed E-state index contributed by atoms with van der Waals surface area (Å²) in [5, 5.41) is 3.42. The normalized spacial score (nSPS) is 20.2. The fourth-order valence-corrected chi connectivity index (χ4v) is 2.92. The number of hydrogen-bond acceptors (Lipinski definition) is 2. The molecule has 2 nitrogen and oxygen atoms in total. The number of nitrogens with one attached hydrogen (secondary N) is 1. The van der Waals surface area contributed by atoms with Crippen molar-refractivity contribution in [3.63, 3.8) is 0 Å². The van der Waals surface area contributed by atoms with Gasteiger partial charge in [-0.3, -0.25) is 4.21 Å². The van der Waals surface area contributed by atoms with Crippen LogP contribution in [-0.2, 0) is 17.2 Å². The van der Waals surface area contributed by atoms with Gasteiger partial charge in [-0.15, -0.1) is 0 Å². The topological polar surface area (TPSA) is 29.1 Å². The maximum absolute atomic E-state index is 13.5. The third kappa shape index (κ3) is 3.13. The Kier molecular flexibility index (Phi) is 4.29. The molecule has 2 atom stereocenters. The Balaban J connectivity index is 1.89. The SMILES string of the molecule is CS(=O)CCCNC1CCc2c(F)cccc21. The highest BCUT2D eigenvalue weighted by Gasteiger charge is 2.23. The first-order chi connectivity index (χ1) is 8.18. The summed E-state index contributed by atoms with van der Waals surface area (Å²) < 4.78 is 24.4. The molecule has 0 amide bonds. The molecule has 1 aromatic carbocycles. The van der Waals surface area contributed by atoms with Crippen LogP contribution in [0.1, 0.15) is 30.0 Å². The lowest BCUT2D eigenvalue weighted by molar-refractivity contribution is 0.529. The van der Waals surface area contributed by atoms with Crippen molar-refractivity contribution in [3.05, 3.63) is 35.1 Å². The quantitative estimate of drug-likeness (QED) is 0.817. The van der Waals surface area contributed by atoms with Crippen molar-refractivity contribution in [3.8, 4) is 0 Å². The zero-order chi connectivity index (χ0) is 12.3. The van der Waals surface area contributed by atoms with Crippen molar-refractivity contribution < 1.29 is 8.60 Å². The van der Waals surface area contributed by atoms with Crippen LogP contribution in [0.2, 0.25) is 0 Å². The van der Waals surface area contributed by atoms with Crippen molar-refractivity contribution >= 4 is 10.8 Å². The smallest absolute Gasteiger partial charge is 0.126 e. The molecule has 4 heteroatoms. The molecule has 1 N–H and O–H groups in total. The van der Waals surface area contributed by atoms with Crippen LogP contribution in [0.25, 0.3) is 0 Å². The molecule has 1 aliphatic rings. The van der Waals surface area contributed by atoms with Gasteiger partial charge in [-0.25, -0.2) is 4.39 Å². The van der Waals surface area contributed by atoms with Gasteiger partial charge in [0.1, 0.15) is 5.82 Å². The molecule has 1 aromatic rings. The van der Waals surface area contributed by atoms with Crippen LogP contribution < -0.4 is 5.32 Å². The van der Waals surface area contributed by atoms with Crippen molar-refractivity contribution in [1.82, 2.24) is 5.32 Å². The molecule has 0 fully saturated rings. The van der Waals surface area contributed by atoms with E-state index in [0.717, 1.165) is 42.7 Å². The van der Waals surface area contributed by atoms with Crippen LogP contribution in [0.5, 0.6) is 0 Å². The predicted molar refractivity (Wildman–Crippen MR) is 69.0 cm³/mol. The highest BCUT2D eigenvalue weighted by molar-refractivity contribution is 7.84. The maximum atomic E-state index is 13.5. The number of halogens is 1. The molecule has 0 saturated heterocycles. The van der Waals surface area contributed by atoms with Crippen LogP contribution >= 0.6 is 0 Å². The molecule has 0 saturated carbocycles. The fraction of sp³-hybridized carbons (Fsp3) is 0.538. The van der Waals surface area contributed by atoms with E-state index in [0.29, 0.717) is 0 Å². The second kappa shape index (κ2) is 5.74. The molecular formula is C13H18FNOS. The van der Waals surface area contributed by atoms with Crippen molar-refractivity contribution in [2.45, 2.75) is 25.3 Å². The van der Waals surface area contributed by atoms with E-state index in [1.165, 1.54) is 6.07 Å². The van der Waals surface area contributed by atoms with E-state index in [9.17, 15) is 8.60 Å². The third-order valence-corrected chi connectivity index (χ3v) is 4.08. The first-order valence-corrected chi connectivity index (χ1v) is 7.72. The van der Waals surface area contributed by atoms with Crippen molar-refractivity contribution in [2.75, 3.05) is 18.6 Å². The van der Waals surface area contributed by atoms with Gasteiger partial charge in [0.2, 0.25) is 0 Å². The molecular weight excluding hydrogens is 237 g/mol. The number of benzene rings is 1. The van der Waals surface area contributed by atoms with Crippen LogP contribution in [-0.4, -0.2) is 22.8 Å².